The fourth-order valence-corrected chi connectivity index (χ4v) is 3.08. The summed E-state index contributed by atoms with van der Waals surface area (Å²) in [6.07, 6.45) is 7.04. The van der Waals surface area contributed by atoms with Crippen LogP contribution in [-0.2, 0) is 0 Å². The molecule has 0 aromatic rings. The van der Waals surface area contributed by atoms with Crippen molar-refractivity contribution in [3.63, 3.8) is 0 Å². The second-order valence-electron chi connectivity index (χ2n) is 4.86. The summed E-state index contributed by atoms with van der Waals surface area (Å²) >= 11 is 1.95. The lowest BCUT2D eigenvalue weighted by atomic mass is 9.84. The standard InChI is InChI=1S/C14H25NS/c1-4-6-16-7-5-15-11-14-9-12(2)8-13(3)10-14/h4,8,12,14-15H,1,5-7,9-11H2,2-3H3. The highest BCUT2D eigenvalue weighted by atomic mass is 32.2. The molecule has 0 radical (unpaired) electrons. The van der Waals surface area contributed by atoms with E-state index >= 15 is 0 Å². The lowest BCUT2D eigenvalue weighted by Gasteiger charge is -2.25. The maximum absolute atomic E-state index is 3.72. The van der Waals surface area contributed by atoms with Crippen molar-refractivity contribution in [1.29, 1.82) is 0 Å². The Bertz CT molecular complexity index is 235. The molecule has 1 aliphatic carbocycles. The summed E-state index contributed by atoms with van der Waals surface area (Å²) in [4.78, 5) is 0. The third-order valence-electron chi connectivity index (χ3n) is 2.98. The van der Waals surface area contributed by atoms with E-state index in [0.717, 1.165) is 24.1 Å². The SMILES string of the molecule is C=CCSCCNCC1CC(C)=CC(C)C1. The molecule has 2 unspecified atom stereocenters. The molecule has 0 heterocycles. The van der Waals surface area contributed by atoms with E-state index in [1.54, 1.807) is 5.57 Å². The highest BCUT2D eigenvalue weighted by molar-refractivity contribution is 7.99. The van der Waals surface area contributed by atoms with Crippen LogP contribution in [-0.4, -0.2) is 24.6 Å². The summed E-state index contributed by atoms with van der Waals surface area (Å²) in [6, 6.07) is 0. The molecule has 16 heavy (non-hydrogen) atoms. The van der Waals surface area contributed by atoms with Crippen LogP contribution in [0.4, 0.5) is 0 Å². The van der Waals surface area contributed by atoms with E-state index in [9.17, 15) is 0 Å². The maximum atomic E-state index is 3.72. The maximum Gasteiger partial charge on any atom is 0.0111 e. The smallest absolute Gasteiger partial charge is 0.0111 e. The molecule has 0 fully saturated rings. The van der Waals surface area contributed by atoms with Crippen molar-refractivity contribution in [2.45, 2.75) is 26.7 Å². The van der Waals surface area contributed by atoms with Crippen LogP contribution in [0.1, 0.15) is 26.7 Å². The van der Waals surface area contributed by atoms with Crippen LogP contribution in [0.3, 0.4) is 0 Å². The zero-order chi connectivity index (χ0) is 11.8. The first kappa shape index (κ1) is 13.9. The molecule has 0 aliphatic heterocycles. The van der Waals surface area contributed by atoms with Gasteiger partial charge in [-0.25, -0.2) is 0 Å². The zero-order valence-electron chi connectivity index (χ0n) is 10.7. The van der Waals surface area contributed by atoms with Gasteiger partial charge in [-0.3, -0.25) is 0 Å². The molecule has 2 atom stereocenters. The summed E-state index contributed by atoms with van der Waals surface area (Å²) in [5.74, 6) is 3.90. The number of thioether (sulfide) groups is 1. The van der Waals surface area contributed by atoms with Gasteiger partial charge in [-0.2, -0.15) is 11.8 Å². The Morgan fingerprint density at radius 3 is 3.12 bits per heavy atom. The van der Waals surface area contributed by atoms with E-state index in [4.69, 9.17) is 0 Å². The third kappa shape index (κ3) is 5.76. The van der Waals surface area contributed by atoms with Gasteiger partial charge >= 0.3 is 0 Å². The topological polar surface area (TPSA) is 12.0 Å². The predicted molar refractivity (Wildman–Crippen MR) is 76.0 cm³/mol. The van der Waals surface area contributed by atoms with Gasteiger partial charge in [0.1, 0.15) is 0 Å². The third-order valence-corrected chi connectivity index (χ3v) is 3.94. The molecule has 92 valence electrons. The largest absolute Gasteiger partial charge is 0.316 e. The van der Waals surface area contributed by atoms with Gasteiger partial charge in [-0.05, 0) is 38.1 Å². The van der Waals surface area contributed by atoms with Crippen LogP contribution in [0.5, 0.6) is 0 Å². The van der Waals surface area contributed by atoms with Crippen LogP contribution >= 0.6 is 11.8 Å². The van der Waals surface area contributed by atoms with Crippen LogP contribution in [0, 0.1) is 11.8 Å². The first-order valence-electron chi connectivity index (χ1n) is 6.29. The van der Waals surface area contributed by atoms with Gasteiger partial charge in [-0.1, -0.05) is 24.6 Å². The first-order valence-corrected chi connectivity index (χ1v) is 7.44. The van der Waals surface area contributed by atoms with E-state index < -0.39 is 0 Å². The number of hydrogen-bond donors (Lipinski definition) is 1. The normalized spacial score (nSPS) is 25.2. The quantitative estimate of drug-likeness (QED) is 0.539. The van der Waals surface area contributed by atoms with Gasteiger partial charge in [0, 0.05) is 18.1 Å². The van der Waals surface area contributed by atoms with Crippen molar-refractivity contribution < 1.29 is 0 Å². The highest BCUT2D eigenvalue weighted by Gasteiger charge is 2.17. The molecule has 0 aromatic carbocycles. The summed E-state index contributed by atoms with van der Waals surface area (Å²) in [5.41, 5.74) is 1.58. The molecule has 1 nitrogen and oxygen atoms in total. The molecule has 0 bridgehead atoms. The van der Waals surface area contributed by atoms with Crippen LogP contribution in [0.2, 0.25) is 0 Å². The fraction of sp³-hybridized carbons (Fsp3) is 0.714. The lowest BCUT2D eigenvalue weighted by Crippen LogP contribution is -2.27. The van der Waals surface area contributed by atoms with Crippen molar-refractivity contribution in [3.05, 3.63) is 24.3 Å². The Morgan fingerprint density at radius 1 is 1.62 bits per heavy atom. The lowest BCUT2D eigenvalue weighted by molar-refractivity contribution is 0.385. The number of allylic oxidation sites excluding steroid dienone is 2. The molecule has 2 heteroatoms. The number of nitrogens with one attached hydrogen (secondary N) is 1. The molecule has 1 rings (SSSR count). The average molecular weight is 239 g/mol. The molecule has 1 N–H and O–H groups in total. The van der Waals surface area contributed by atoms with E-state index in [0.29, 0.717) is 0 Å². The van der Waals surface area contributed by atoms with E-state index in [2.05, 4.69) is 31.8 Å². The number of rotatable bonds is 7. The molecule has 0 aromatic heterocycles. The zero-order valence-corrected chi connectivity index (χ0v) is 11.5. The Kier molecular flexibility index (Phi) is 6.90. The molecule has 0 saturated carbocycles. The molecule has 1 aliphatic rings. The van der Waals surface area contributed by atoms with Gasteiger partial charge < -0.3 is 5.32 Å². The van der Waals surface area contributed by atoms with Gasteiger partial charge in [0.15, 0.2) is 0 Å². The van der Waals surface area contributed by atoms with Crippen molar-refractivity contribution in [1.82, 2.24) is 5.32 Å². The van der Waals surface area contributed by atoms with E-state index in [1.165, 1.54) is 25.1 Å². The van der Waals surface area contributed by atoms with Crippen LogP contribution < -0.4 is 5.32 Å². The summed E-state index contributed by atoms with van der Waals surface area (Å²) in [6.45, 7) is 10.6. The Morgan fingerprint density at radius 2 is 2.44 bits per heavy atom. The Hall–Kier alpha value is -0.210. The minimum absolute atomic E-state index is 0.774. The first-order chi connectivity index (χ1) is 7.72. The molecule has 0 spiro atoms. The highest BCUT2D eigenvalue weighted by Crippen LogP contribution is 2.27. The van der Waals surface area contributed by atoms with Crippen LogP contribution in [0.15, 0.2) is 24.3 Å². The van der Waals surface area contributed by atoms with Crippen molar-refractivity contribution in [2.24, 2.45) is 11.8 Å². The molecular weight excluding hydrogens is 214 g/mol. The van der Waals surface area contributed by atoms with Crippen LogP contribution in [0.25, 0.3) is 0 Å². The van der Waals surface area contributed by atoms with Gasteiger partial charge in [0.2, 0.25) is 0 Å². The summed E-state index contributed by atoms with van der Waals surface area (Å²) in [5, 5.41) is 3.57. The minimum Gasteiger partial charge on any atom is -0.316 e. The molecule has 0 saturated heterocycles. The van der Waals surface area contributed by atoms with Crippen molar-refractivity contribution in [3.8, 4) is 0 Å². The van der Waals surface area contributed by atoms with E-state index in [-0.39, 0.29) is 0 Å². The average Bonchev–Trinajstić information content (AvgIpc) is 2.22. The van der Waals surface area contributed by atoms with Gasteiger partial charge in [0.25, 0.3) is 0 Å². The predicted octanol–water partition coefficient (Wildman–Crippen LogP) is 3.49. The molecule has 0 amide bonds. The monoisotopic (exact) mass is 239 g/mol. The van der Waals surface area contributed by atoms with E-state index in [1.807, 2.05) is 17.8 Å². The Labute approximate surface area is 105 Å². The van der Waals surface area contributed by atoms with Crippen molar-refractivity contribution >= 4 is 11.8 Å². The van der Waals surface area contributed by atoms with Gasteiger partial charge in [-0.15, -0.1) is 6.58 Å². The van der Waals surface area contributed by atoms with Gasteiger partial charge in [0.05, 0.1) is 0 Å². The minimum atomic E-state index is 0.774. The summed E-state index contributed by atoms with van der Waals surface area (Å²) in [7, 11) is 0. The second kappa shape index (κ2) is 7.97. The fourth-order valence-electron chi connectivity index (χ4n) is 2.46. The molecular formula is C14H25NS. The number of hydrogen-bond acceptors (Lipinski definition) is 2. The Balaban J connectivity index is 2.05. The second-order valence-corrected chi connectivity index (χ2v) is 6.01. The summed E-state index contributed by atoms with van der Waals surface area (Å²) < 4.78 is 0. The van der Waals surface area contributed by atoms with Crippen molar-refractivity contribution in [2.75, 3.05) is 24.6 Å².